The van der Waals surface area contributed by atoms with E-state index >= 15 is 0 Å². The molecule has 0 saturated heterocycles. The quantitative estimate of drug-likeness (QED) is 0.177. The van der Waals surface area contributed by atoms with Gasteiger partial charge in [0.1, 0.15) is 5.82 Å². The van der Waals surface area contributed by atoms with E-state index in [9.17, 15) is 4.39 Å². The van der Waals surface area contributed by atoms with E-state index in [1.54, 1.807) is 11.6 Å². The second kappa shape index (κ2) is 15.1. The van der Waals surface area contributed by atoms with E-state index in [1.165, 1.54) is 115 Å². The zero-order valence-corrected chi connectivity index (χ0v) is 22.6. The summed E-state index contributed by atoms with van der Waals surface area (Å²) in [5, 5.41) is 0. The fourth-order valence-electron chi connectivity index (χ4n) is 6.62. The Labute approximate surface area is 211 Å². The normalized spacial score (nSPS) is 20.3. The van der Waals surface area contributed by atoms with E-state index in [4.69, 9.17) is 0 Å². The van der Waals surface area contributed by atoms with Gasteiger partial charge in [0.15, 0.2) is 0 Å². The number of unbranched alkanes of at least 4 members (excludes halogenated alkanes) is 5. The Morgan fingerprint density at radius 1 is 0.853 bits per heavy atom. The lowest BCUT2D eigenvalue weighted by Crippen LogP contribution is -2.25. The molecule has 1 unspecified atom stereocenters. The van der Waals surface area contributed by atoms with Crippen LogP contribution in [0.1, 0.15) is 147 Å². The first-order valence-electron chi connectivity index (χ1n) is 15.1. The Bertz CT molecular complexity index is 724. The minimum atomic E-state index is 0.0117. The van der Waals surface area contributed by atoms with Crippen LogP contribution in [-0.2, 0) is 12.8 Å². The second-order valence-corrected chi connectivity index (χ2v) is 11.8. The van der Waals surface area contributed by atoms with Crippen molar-refractivity contribution in [3.8, 4) is 0 Å². The summed E-state index contributed by atoms with van der Waals surface area (Å²) in [6.07, 6.45) is 30.5. The molecule has 1 fully saturated rings. The molecule has 1 aromatic rings. The first kappa shape index (κ1) is 27.5. The lowest BCUT2D eigenvalue weighted by Gasteiger charge is -2.39. The van der Waals surface area contributed by atoms with Gasteiger partial charge in [-0.15, -0.1) is 0 Å². The van der Waals surface area contributed by atoms with Gasteiger partial charge in [-0.1, -0.05) is 95.4 Å². The monoisotopic (exact) mass is 468 g/mol. The van der Waals surface area contributed by atoms with Gasteiger partial charge in [-0.05, 0) is 106 Å². The number of hydrogen-bond donors (Lipinski definition) is 0. The Morgan fingerprint density at radius 3 is 2.35 bits per heavy atom. The first-order valence-corrected chi connectivity index (χ1v) is 15.1. The Morgan fingerprint density at radius 2 is 1.65 bits per heavy atom. The lowest BCUT2D eigenvalue weighted by molar-refractivity contribution is 0.137. The zero-order valence-electron chi connectivity index (χ0n) is 22.6. The number of aryl methyl sites for hydroxylation is 2. The highest BCUT2D eigenvalue weighted by Gasteiger charge is 2.32. The zero-order chi connectivity index (χ0) is 24.1. The maximum absolute atomic E-state index is 14.5. The molecule has 0 aromatic heterocycles. The molecule has 0 radical (unpaired) electrons. The number of hydrogen-bond acceptors (Lipinski definition) is 0. The maximum Gasteiger partial charge on any atom is 0.126 e. The smallest absolute Gasteiger partial charge is 0.126 e. The third-order valence-corrected chi connectivity index (χ3v) is 9.07. The highest BCUT2D eigenvalue weighted by molar-refractivity contribution is 5.25. The van der Waals surface area contributed by atoms with Crippen LogP contribution in [0.15, 0.2) is 29.8 Å². The lowest BCUT2D eigenvalue weighted by atomic mass is 9.67. The molecule has 34 heavy (non-hydrogen) atoms. The molecule has 192 valence electrons. The Hall–Kier alpha value is -1.11. The van der Waals surface area contributed by atoms with Gasteiger partial charge in [0.25, 0.3) is 0 Å². The van der Waals surface area contributed by atoms with Crippen LogP contribution in [0.4, 0.5) is 4.39 Å². The molecule has 2 aliphatic carbocycles. The summed E-state index contributed by atoms with van der Waals surface area (Å²) in [5.41, 5.74) is 4.37. The predicted octanol–water partition coefficient (Wildman–Crippen LogP) is 10.9. The van der Waals surface area contributed by atoms with Crippen LogP contribution in [0.5, 0.6) is 0 Å². The van der Waals surface area contributed by atoms with Crippen molar-refractivity contribution in [2.45, 2.75) is 149 Å². The van der Waals surface area contributed by atoms with Gasteiger partial charge in [0.05, 0.1) is 0 Å². The molecule has 0 nitrogen and oxygen atoms in total. The van der Waals surface area contributed by atoms with Crippen LogP contribution in [0.3, 0.4) is 0 Å². The average molecular weight is 469 g/mol. The standard InChI is InChI=1S/C33H53F/c1-3-5-7-10-23-33(24-11-8-12-25-33)26-22-29-16-14-28(15-17-29)18-19-30-20-21-31(32(34)27-30)13-9-6-4-2/h14,20-21,27,29H,3-13,15-19,22-26H2,1-2H3. The van der Waals surface area contributed by atoms with Gasteiger partial charge in [0.2, 0.25) is 0 Å². The first-order chi connectivity index (χ1) is 16.6. The Balaban J connectivity index is 1.41. The van der Waals surface area contributed by atoms with Crippen LogP contribution in [-0.4, -0.2) is 0 Å². The van der Waals surface area contributed by atoms with Gasteiger partial charge in [0, 0.05) is 0 Å². The summed E-state index contributed by atoms with van der Waals surface area (Å²) in [6, 6.07) is 6.01. The van der Waals surface area contributed by atoms with Crippen molar-refractivity contribution in [2.75, 3.05) is 0 Å². The van der Waals surface area contributed by atoms with Gasteiger partial charge >= 0.3 is 0 Å². The van der Waals surface area contributed by atoms with Crippen LogP contribution in [0.2, 0.25) is 0 Å². The summed E-state index contributed by atoms with van der Waals surface area (Å²) in [6.45, 7) is 4.52. The molecule has 0 aliphatic heterocycles. The molecule has 0 amide bonds. The van der Waals surface area contributed by atoms with Crippen molar-refractivity contribution in [1.82, 2.24) is 0 Å². The van der Waals surface area contributed by atoms with E-state index in [1.807, 2.05) is 6.07 Å². The third-order valence-electron chi connectivity index (χ3n) is 9.07. The molecule has 3 rings (SSSR count). The van der Waals surface area contributed by atoms with E-state index in [-0.39, 0.29) is 5.82 Å². The number of halogens is 1. The van der Waals surface area contributed by atoms with Crippen molar-refractivity contribution in [1.29, 1.82) is 0 Å². The molecular weight excluding hydrogens is 415 g/mol. The number of allylic oxidation sites excluding steroid dienone is 2. The van der Waals surface area contributed by atoms with Crippen molar-refractivity contribution in [3.63, 3.8) is 0 Å². The van der Waals surface area contributed by atoms with Crippen LogP contribution < -0.4 is 0 Å². The average Bonchev–Trinajstić information content (AvgIpc) is 2.87. The summed E-state index contributed by atoms with van der Waals surface area (Å²) < 4.78 is 14.5. The summed E-state index contributed by atoms with van der Waals surface area (Å²) in [4.78, 5) is 0. The molecule has 0 bridgehead atoms. The predicted molar refractivity (Wildman–Crippen MR) is 147 cm³/mol. The topological polar surface area (TPSA) is 0 Å². The molecule has 0 spiro atoms. The fraction of sp³-hybridized carbons (Fsp3) is 0.758. The molecule has 1 heteroatoms. The van der Waals surface area contributed by atoms with Gasteiger partial charge in [-0.25, -0.2) is 4.39 Å². The van der Waals surface area contributed by atoms with Gasteiger partial charge in [-0.2, -0.15) is 0 Å². The largest absolute Gasteiger partial charge is 0.207 e. The van der Waals surface area contributed by atoms with Crippen molar-refractivity contribution in [2.24, 2.45) is 11.3 Å². The van der Waals surface area contributed by atoms with Gasteiger partial charge in [-0.3, -0.25) is 0 Å². The van der Waals surface area contributed by atoms with E-state index < -0.39 is 0 Å². The minimum Gasteiger partial charge on any atom is -0.207 e. The summed E-state index contributed by atoms with van der Waals surface area (Å²) in [7, 11) is 0. The molecule has 0 N–H and O–H groups in total. The fourth-order valence-corrected chi connectivity index (χ4v) is 6.62. The number of benzene rings is 1. The molecule has 1 aromatic carbocycles. The van der Waals surface area contributed by atoms with Crippen molar-refractivity contribution >= 4 is 0 Å². The number of rotatable bonds is 15. The van der Waals surface area contributed by atoms with Crippen LogP contribution >= 0.6 is 0 Å². The Kier molecular flexibility index (Phi) is 12.2. The van der Waals surface area contributed by atoms with Crippen LogP contribution in [0, 0.1) is 17.2 Å². The van der Waals surface area contributed by atoms with E-state index in [0.29, 0.717) is 5.41 Å². The third kappa shape index (κ3) is 9.16. The molecule has 1 atom stereocenters. The molecular formula is C33H53F. The molecule has 1 saturated carbocycles. The highest BCUT2D eigenvalue weighted by Crippen LogP contribution is 2.46. The van der Waals surface area contributed by atoms with Crippen molar-refractivity contribution < 1.29 is 4.39 Å². The van der Waals surface area contributed by atoms with E-state index in [0.717, 1.165) is 37.2 Å². The van der Waals surface area contributed by atoms with Crippen molar-refractivity contribution in [3.05, 3.63) is 46.8 Å². The van der Waals surface area contributed by atoms with Crippen LogP contribution in [0.25, 0.3) is 0 Å². The maximum atomic E-state index is 14.5. The van der Waals surface area contributed by atoms with E-state index in [2.05, 4.69) is 26.0 Å². The summed E-state index contributed by atoms with van der Waals surface area (Å²) >= 11 is 0. The molecule has 2 aliphatic rings. The molecule has 0 heterocycles. The SMILES string of the molecule is CCCCCCC1(CCC2CC=C(CCc3ccc(CCCCC)c(F)c3)CC2)CCCCC1. The summed E-state index contributed by atoms with van der Waals surface area (Å²) in [5.74, 6) is 0.913. The van der Waals surface area contributed by atoms with Gasteiger partial charge < -0.3 is 0 Å². The minimum absolute atomic E-state index is 0.0117. The second-order valence-electron chi connectivity index (χ2n) is 11.8. The highest BCUT2D eigenvalue weighted by atomic mass is 19.1.